The van der Waals surface area contributed by atoms with E-state index >= 15 is 0 Å². The molecule has 0 aliphatic heterocycles. The summed E-state index contributed by atoms with van der Waals surface area (Å²) in [6, 6.07) is 2.12. The second kappa shape index (κ2) is 7.21. The van der Waals surface area contributed by atoms with Gasteiger partial charge >= 0.3 is 0 Å². The molecule has 0 spiro atoms. The quantitative estimate of drug-likeness (QED) is 0.739. The molecule has 0 saturated heterocycles. The molecular formula is C17H29N3O. The SMILES string of the molecule is CCCNc1cc(C2CC2)nc(C(CC)(CC)OCC)n1. The molecule has 0 aromatic carbocycles. The largest absolute Gasteiger partial charge is 0.370 e. The summed E-state index contributed by atoms with van der Waals surface area (Å²) in [7, 11) is 0. The molecule has 0 unspecified atom stereocenters. The van der Waals surface area contributed by atoms with Crippen LogP contribution in [0.25, 0.3) is 0 Å². The van der Waals surface area contributed by atoms with Gasteiger partial charge in [-0.05, 0) is 39.0 Å². The highest BCUT2D eigenvalue weighted by Crippen LogP contribution is 2.41. The van der Waals surface area contributed by atoms with Crippen molar-refractivity contribution in [3.8, 4) is 0 Å². The number of aromatic nitrogens is 2. The van der Waals surface area contributed by atoms with Gasteiger partial charge in [-0.15, -0.1) is 0 Å². The fraction of sp³-hybridized carbons (Fsp3) is 0.765. The van der Waals surface area contributed by atoms with Gasteiger partial charge in [-0.1, -0.05) is 20.8 Å². The van der Waals surface area contributed by atoms with Crippen molar-refractivity contribution in [1.82, 2.24) is 9.97 Å². The molecule has 1 heterocycles. The van der Waals surface area contributed by atoms with Gasteiger partial charge in [-0.3, -0.25) is 0 Å². The van der Waals surface area contributed by atoms with Crippen LogP contribution in [0.15, 0.2) is 6.07 Å². The molecule has 4 heteroatoms. The Kier molecular flexibility index (Phi) is 5.57. The fourth-order valence-corrected chi connectivity index (χ4v) is 2.71. The van der Waals surface area contributed by atoms with Gasteiger partial charge < -0.3 is 10.1 Å². The normalized spacial score (nSPS) is 15.2. The second-order valence-corrected chi connectivity index (χ2v) is 5.84. The molecule has 21 heavy (non-hydrogen) atoms. The minimum Gasteiger partial charge on any atom is -0.370 e. The molecule has 1 aliphatic rings. The molecule has 0 amide bonds. The molecule has 1 saturated carbocycles. The minimum absolute atomic E-state index is 0.345. The predicted molar refractivity (Wildman–Crippen MR) is 86.7 cm³/mol. The van der Waals surface area contributed by atoms with Crippen molar-refractivity contribution in [2.45, 2.75) is 71.3 Å². The third-order valence-electron chi connectivity index (χ3n) is 4.27. The lowest BCUT2D eigenvalue weighted by molar-refractivity contribution is -0.0572. The van der Waals surface area contributed by atoms with Crippen LogP contribution in [-0.4, -0.2) is 23.1 Å². The van der Waals surface area contributed by atoms with E-state index in [1.165, 1.54) is 18.5 Å². The van der Waals surface area contributed by atoms with Gasteiger partial charge in [0.2, 0.25) is 0 Å². The zero-order chi connectivity index (χ0) is 15.3. The van der Waals surface area contributed by atoms with Crippen LogP contribution in [0.1, 0.15) is 77.2 Å². The summed E-state index contributed by atoms with van der Waals surface area (Å²) in [4.78, 5) is 9.63. The molecule has 1 N–H and O–H groups in total. The van der Waals surface area contributed by atoms with Crippen LogP contribution in [-0.2, 0) is 10.3 Å². The monoisotopic (exact) mass is 291 g/mol. The van der Waals surface area contributed by atoms with Gasteiger partial charge in [-0.25, -0.2) is 9.97 Å². The number of hydrogen-bond acceptors (Lipinski definition) is 4. The lowest BCUT2D eigenvalue weighted by Crippen LogP contribution is -2.31. The van der Waals surface area contributed by atoms with E-state index in [1.54, 1.807) is 0 Å². The fourth-order valence-electron chi connectivity index (χ4n) is 2.71. The van der Waals surface area contributed by atoms with Crippen molar-refractivity contribution in [3.63, 3.8) is 0 Å². The van der Waals surface area contributed by atoms with E-state index in [0.29, 0.717) is 12.5 Å². The molecule has 0 bridgehead atoms. The Morgan fingerprint density at radius 2 is 1.90 bits per heavy atom. The number of rotatable bonds is 9. The Balaban J connectivity index is 2.37. The number of anilines is 1. The molecule has 118 valence electrons. The average Bonchev–Trinajstić information content (AvgIpc) is 3.35. The Hall–Kier alpha value is -1.16. The topological polar surface area (TPSA) is 47.0 Å². The van der Waals surface area contributed by atoms with Crippen LogP contribution in [0.3, 0.4) is 0 Å². The maximum absolute atomic E-state index is 6.08. The van der Waals surface area contributed by atoms with E-state index in [4.69, 9.17) is 14.7 Å². The summed E-state index contributed by atoms with van der Waals surface area (Å²) in [5, 5.41) is 3.41. The third-order valence-corrected chi connectivity index (χ3v) is 4.27. The lowest BCUT2D eigenvalue weighted by Gasteiger charge is -2.30. The number of nitrogens with one attached hydrogen (secondary N) is 1. The highest BCUT2D eigenvalue weighted by Gasteiger charge is 2.35. The molecule has 1 aromatic heterocycles. The van der Waals surface area contributed by atoms with Gasteiger partial charge in [0, 0.05) is 30.8 Å². The Morgan fingerprint density at radius 3 is 2.43 bits per heavy atom. The van der Waals surface area contributed by atoms with Gasteiger partial charge in [0.25, 0.3) is 0 Å². The van der Waals surface area contributed by atoms with Crippen LogP contribution in [0.4, 0.5) is 5.82 Å². The Labute approximate surface area is 128 Å². The summed E-state index contributed by atoms with van der Waals surface area (Å²) < 4.78 is 6.08. The molecule has 4 nitrogen and oxygen atoms in total. The van der Waals surface area contributed by atoms with Crippen LogP contribution in [0.2, 0.25) is 0 Å². The van der Waals surface area contributed by atoms with Crippen molar-refractivity contribution >= 4 is 5.82 Å². The van der Waals surface area contributed by atoms with E-state index < -0.39 is 0 Å². The number of nitrogens with zero attached hydrogens (tertiary/aromatic N) is 2. The van der Waals surface area contributed by atoms with Crippen molar-refractivity contribution in [2.75, 3.05) is 18.5 Å². The smallest absolute Gasteiger partial charge is 0.162 e. The molecule has 0 radical (unpaired) electrons. The first-order valence-corrected chi connectivity index (χ1v) is 8.46. The maximum Gasteiger partial charge on any atom is 0.162 e. The van der Waals surface area contributed by atoms with Crippen LogP contribution >= 0.6 is 0 Å². The first kappa shape index (κ1) is 16.2. The van der Waals surface area contributed by atoms with Crippen molar-refractivity contribution < 1.29 is 4.74 Å². The van der Waals surface area contributed by atoms with Gasteiger partial charge in [0.1, 0.15) is 11.4 Å². The lowest BCUT2D eigenvalue weighted by atomic mass is 9.95. The summed E-state index contributed by atoms with van der Waals surface area (Å²) >= 11 is 0. The van der Waals surface area contributed by atoms with Crippen molar-refractivity contribution in [2.24, 2.45) is 0 Å². The van der Waals surface area contributed by atoms with E-state index in [-0.39, 0.29) is 5.60 Å². The third kappa shape index (κ3) is 3.73. The van der Waals surface area contributed by atoms with Crippen molar-refractivity contribution in [1.29, 1.82) is 0 Å². The standard InChI is InChI=1S/C17H29N3O/c1-5-11-18-15-12-14(13-9-10-13)19-16(20-15)17(6-2,7-3)21-8-4/h12-13H,5-11H2,1-4H3,(H,18,19,20). The van der Waals surface area contributed by atoms with Gasteiger partial charge in [0.05, 0.1) is 0 Å². The molecular weight excluding hydrogens is 262 g/mol. The molecule has 2 rings (SSSR count). The van der Waals surface area contributed by atoms with Gasteiger partial charge in [-0.2, -0.15) is 0 Å². The minimum atomic E-state index is -0.345. The van der Waals surface area contributed by atoms with Gasteiger partial charge in [0.15, 0.2) is 5.82 Å². The molecule has 0 atom stereocenters. The zero-order valence-corrected chi connectivity index (χ0v) is 13.9. The number of hydrogen-bond donors (Lipinski definition) is 1. The highest BCUT2D eigenvalue weighted by molar-refractivity contribution is 5.39. The zero-order valence-electron chi connectivity index (χ0n) is 13.9. The number of ether oxygens (including phenoxy) is 1. The van der Waals surface area contributed by atoms with E-state index in [1.807, 2.05) is 6.92 Å². The molecule has 1 fully saturated rings. The van der Waals surface area contributed by atoms with E-state index in [9.17, 15) is 0 Å². The van der Waals surface area contributed by atoms with E-state index in [2.05, 4.69) is 32.2 Å². The van der Waals surface area contributed by atoms with Crippen LogP contribution in [0, 0.1) is 0 Å². The van der Waals surface area contributed by atoms with Crippen LogP contribution < -0.4 is 5.32 Å². The van der Waals surface area contributed by atoms with Crippen molar-refractivity contribution in [3.05, 3.63) is 17.6 Å². The molecule has 1 aromatic rings. The average molecular weight is 291 g/mol. The second-order valence-electron chi connectivity index (χ2n) is 5.84. The Bertz CT molecular complexity index is 453. The maximum atomic E-state index is 6.08. The summed E-state index contributed by atoms with van der Waals surface area (Å²) in [5.41, 5.74) is 0.840. The highest BCUT2D eigenvalue weighted by atomic mass is 16.5. The Morgan fingerprint density at radius 1 is 1.19 bits per heavy atom. The van der Waals surface area contributed by atoms with Crippen LogP contribution in [0.5, 0.6) is 0 Å². The first-order valence-electron chi connectivity index (χ1n) is 8.46. The summed E-state index contributed by atoms with van der Waals surface area (Å²) in [6.07, 6.45) is 5.40. The summed E-state index contributed by atoms with van der Waals surface area (Å²) in [5.74, 6) is 2.44. The molecule has 1 aliphatic carbocycles. The summed E-state index contributed by atoms with van der Waals surface area (Å²) in [6.45, 7) is 10.2. The predicted octanol–water partition coefficient (Wildman–Crippen LogP) is 4.23. The first-order chi connectivity index (χ1) is 10.2. The van der Waals surface area contributed by atoms with E-state index in [0.717, 1.165) is 37.4 Å².